The van der Waals surface area contributed by atoms with Gasteiger partial charge in [0.05, 0.1) is 0 Å². The van der Waals surface area contributed by atoms with Gasteiger partial charge in [-0.05, 0) is 56.2 Å². The average molecular weight is 366 g/mol. The van der Waals surface area contributed by atoms with Gasteiger partial charge in [0.15, 0.2) is 0 Å². The van der Waals surface area contributed by atoms with E-state index in [1.165, 1.54) is 28.0 Å². The Hall–Kier alpha value is -2.66. The Morgan fingerprint density at radius 3 is 2.65 bits per heavy atom. The molecule has 134 valence electrons. The fourth-order valence-corrected chi connectivity index (χ4v) is 3.38. The normalized spacial score (nSPS) is 10.6. The molecule has 1 N–H and O–H groups in total. The Morgan fingerprint density at radius 2 is 1.92 bits per heavy atom. The second kappa shape index (κ2) is 8.15. The van der Waals surface area contributed by atoms with Crippen LogP contribution in [0.2, 0.25) is 0 Å². The molecule has 26 heavy (non-hydrogen) atoms. The third-order valence-corrected chi connectivity index (χ3v) is 4.97. The highest BCUT2D eigenvalue weighted by Gasteiger charge is 2.11. The van der Waals surface area contributed by atoms with Crippen molar-refractivity contribution in [2.24, 2.45) is 0 Å². The minimum absolute atomic E-state index is 0.136. The predicted molar refractivity (Wildman–Crippen MR) is 106 cm³/mol. The molecule has 0 bridgehead atoms. The van der Waals surface area contributed by atoms with Gasteiger partial charge in [-0.3, -0.25) is 4.79 Å². The summed E-state index contributed by atoms with van der Waals surface area (Å²) in [4.78, 5) is 16.2. The van der Waals surface area contributed by atoms with Crippen LogP contribution in [0.1, 0.15) is 34.1 Å². The number of thiazole rings is 1. The lowest BCUT2D eigenvalue weighted by molar-refractivity contribution is 0.0951. The number of benzene rings is 2. The van der Waals surface area contributed by atoms with Gasteiger partial charge < -0.3 is 10.1 Å². The molecule has 2 aromatic carbocycles. The summed E-state index contributed by atoms with van der Waals surface area (Å²) >= 11 is 1.46. The van der Waals surface area contributed by atoms with Crippen LogP contribution in [-0.2, 0) is 6.61 Å². The van der Waals surface area contributed by atoms with Crippen molar-refractivity contribution in [2.75, 3.05) is 6.54 Å². The number of ether oxygens (including phenoxy) is 1. The fraction of sp³-hybridized carbons (Fsp3) is 0.238. The number of carbonyl (C=O) groups excluding carboxylic acids is 1. The molecule has 5 heteroatoms. The molecule has 0 atom stereocenters. The maximum atomic E-state index is 11.8. The molecule has 0 saturated carbocycles. The molecule has 1 heterocycles. The first-order valence-electron chi connectivity index (χ1n) is 8.60. The summed E-state index contributed by atoms with van der Waals surface area (Å²) < 4.78 is 5.91. The molecule has 1 amide bonds. The van der Waals surface area contributed by atoms with Crippen molar-refractivity contribution in [3.8, 4) is 16.3 Å². The zero-order valence-electron chi connectivity index (χ0n) is 15.2. The lowest BCUT2D eigenvalue weighted by Crippen LogP contribution is -2.22. The number of carbonyl (C=O) groups is 1. The van der Waals surface area contributed by atoms with Gasteiger partial charge in [0.2, 0.25) is 0 Å². The van der Waals surface area contributed by atoms with E-state index in [0.717, 1.165) is 16.3 Å². The third-order valence-electron chi connectivity index (χ3n) is 4.07. The van der Waals surface area contributed by atoms with E-state index in [2.05, 4.69) is 42.3 Å². The van der Waals surface area contributed by atoms with Gasteiger partial charge in [-0.1, -0.05) is 23.8 Å². The van der Waals surface area contributed by atoms with Crippen LogP contribution in [0.5, 0.6) is 5.75 Å². The van der Waals surface area contributed by atoms with Crippen molar-refractivity contribution in [2.45, 2.75) is 27.4 Å². The molecule has 0 fully saturated rings. The number of hydrogen-bond donors (Lipinski definition) is 1. The highest BCUT2D eigenvalue weighted by atomic mass is 32.1. The van der Waals surface area contributed by atoms with Crippen molar-refractivity contribution in [3.05, 3.63) is 70.2 Å². The van der Waals surface area contributed by atoms with E-state index in [1.807, 2.05) is 31.2 Å². The molecule has 3 aromatic rings. The molecule has 0 radical (unpaired) electrons. The molecule has 4 nitrogen and oxygen atoms in total. The van der Waals surface area contributed by atoms with Crippen molar-refractivity contribution in [1.29, 1.82) is 0 Å². The van der Waals surface area contributed by atoms with E-state index < -0.39 is 0 Å². The Kier molecular flexibility index (Phi) is 5.68. The second-order valence-corrected chi connectivity index (χ2v) is 7.00. The lowest BCUT2D eigenvalue weighted by atomic mass is 10.1. The van der Waals surface area contributed by atoms with Gasteiger partial charge in [0.25, 0.3) is 5.91 Å². The van der Waals surface area contributed by atoms with Crippen LogP contribution in [0.4, 0.5) is 0 Å². The molecule has 0 saturated heterocycles. The first-order valence-corrected chi connectivity index (χ1v) is 9.48. The number of rotatable bonds is 6. The second-order valence-electron chi connectivity index (χ2n) is 6.14. The monoisotopic (exact) mass is 366 g/mol. The van der Waals surface area contributed by atoms with Crippen molar-refractivity contribution in [1.82, 2.24) is 10.3 Å². The van der Waals surface area contributed by atoms with Crippen molar-refractivity contribution in [3.63, 3.8) is 0 Å². The minimum atomic E-state index is -0.136. The molecular weight excluding hydrogens is 344 g/mol. The van der Waals surface area contributed by atoms with Gasteiger partial charge in [-0.25, -0.2) is 4.98 Å². The number of aryl methyl sites for hydroxylation is 2. The van der Waals surface area contributed by atoms with Gasteiger partial charge >= 0.3 is 0 Å². The summed E-state index contributed by atoms with van der Waals surface area (Å²) in [5.41, 5.74) is 5.09. The number of nitrogens with one attached hydrogen (secondary N) is 1. The van der Waals surface area contributed by atoms with Gasteiger partial charge in [0, 0.05) is 17.5 Å². The molecule has 0 unspecified atom stereocenters. The predicted octanol–water partition coefficient (Wildman–Crippen LogP) is 4.76. The number of aromatic nitrogens is 1. The zero-order chi connectivity index (χ0) is 18.5. The Labute approximate surface area is 157 Å². The summed E-state index contributed by atoms with van der Waals surface area (Å²) in [7, 11) is 0. The lowest BCUT2D eigenvalue weighted by Gasteiger charge is -2.10. The third kappa shape index (κ3) is 4.29. The van der Waals surface area contributed by atoms with Crippen LogP contribution in [0, 0.1) is 13.8 Å². The van der Waals surface area contributed by atoms with Crippen LogP contribution in [0.25, 0.3) is 10.6 Å². The van der Waals surface area contributed by atoms with E-state index in [0.29, 0.717) is 18.8 Å². The summed E-state index contributed by atoms with van der Waals surface area (Å²) in [6, 6.07) is 14.2. The standard InChI is InChI=1S/C21H22N2O2S/c1-4-22-20(24)19-13-26-21(23-19)16-7-9-18(10-8-16)25-12-17-11-14(2)5-6-15(17)3/h5-11,13H,4,12H2,1-3H3,(H,22,24). The van der Waals surface area contributed by atoms with E-state index in [4.69, 9.17) is 4.74 Å². The van der Waals surface area contributed by atoms with Crippen LogP contribution in [0.15, 0.2) is 47.8 Å². The average Bonchev–Trinajstić information content (AvgIpc) is 3.13. The number of nitrogens with zero attached hydrogens (tertiary/aromatic N) is 1. The van der Waals surface area contributed by atoms with E-state index in [9.17, 15) is 4.79 Å². The summed E-state index contributed by atoms with van der Waals surface area (Å²) in [6.45, 7) is 7.21. The maximum Gasteiger partial charge on any atom is 0.270 e. The van der Waals surface area contributed by atoms with Gasteiger partial charge in [-0.15, -0.1) is 11.3 Å². The van der Waals surface area contributed by atoms with E-state index >= 15 is 0 Å². The zero-order valence-corrected chi connectivity index (χ0v) is 16.0. The largest absolute Gasteiger partial charge is 0.489 e. The smallest absolute Gasteiger partial charge is 0.270 e. The summed E-state index contributed by atoms with van der Waals surface area (Å²) in [5, 5.41) is 5.37. The van der Waals surface area contributed by atoms with Crippen LogP contribution < -0.4 is 10.1 Å². The molecule has 0 spiro atoms. The highest BCUT2D eigenvalue weighted by Crippen LogP contribution is 2.26. The first-order chi connectivity index (χ1) is 12.6. The summed E-state index contributed by atoms with van der Waals surface area (Å²) in [6.07, 6.45) is 0. The molecule has 3 rings (SSSR count). The molecule has 1 aromatic heterocycles. The molecule has 0 aliphatic heterocycles. The minimum Gasteiger partial charge on any atom is -0.489 e. The molecule has 0 aliphatic carbocycles. The summed E-state index contributed by atoms with van der Waals surface area (Å²) in [5.74, 6) is 0.679. The number of amides is 1. The highest BCUT2D eigenvalue weighted by molar-refractivity contribution is 7.13. The van der Waals surface area contributed by atoms with Crippen LogP contribution in [-0.4, -0.2) is 17.4 Å². The SMILES string of the molecule is CCNC(=O)c1csc(-c2ccc(OCc3cc(C)ccc3C)cc2)n1. The topological polar surface area (TPSA) is 51.2 Å². The number of hydrogen-bond acceptors (Lipinski definition) is 4. The quantitative estimate of drug-likeness (QED) is 0.684. The van der Waals surface area contributed by atoms with Crippen LogP contribution >= 0.6 is 11.3 Å². The van der Waals surface area contributed by atoms with Crippen molar-refractivity contribution < 1.29 is 9.53 Å². The Morgan fingerprint density at radius 1 is 1.15 bits per heavy atom. The van der Waals surface area contributed by atoms with E-state index in [-0.39, 0.29) is 5.91 Å². The van der Waals surface area contributed by atoms with E-state index in [1.54, 1.807) is 5.38 Å². The molecular formula is C21H22N2O2S. The van der Waals surface area contributed by atoms with Crippen LogP contribution in [0.3, 0.4) is 0 Å². The Balaban J connectivity index is 1.67. The Bertz CT molecular complexity index is 901. The first kappa shape index (κ1) is 18.1. The maximum absolute atomic E-state index is 11.8. The molecule has 0 aliphatic rings. The van der Waals surface area contributed by atoms with Gasteiger partial charge in [-0.2, -0.15) is 0 Å². The van der Waals surface area contributed by atoms with Crippen molar-refractivity contribution >= 4 is 17.2 Å². The van der Waals surface area contributed by atoms with Gasteiger partial charge in [0.1, 0.15) is 23.1 Å². The fourth-order valence-electron chi connectivity index (χ4n) is 2.57.